The molecule has 0 spiro atoms. The largest absolute Gasteiger partial charge is 0.382 e. The highest BCUT2D eigenvalue weighted by Crippen LogP contribution is 2.39. The van der Waals surface area contributed by atoms with E-state index in [1.54, 1.807) is 10.9 Å². The number of hydrogen-bond donors (Lipinski definition) is 2. The molecular weight excluding hydrogens is 218 g/mol. The SMILES string of the molecule is C=C1CCC[C@@]1(O)n1cnc2c(N)ncnc21. The molecule has 17 heavy (non-hydrogen) atoms. The fourth-order valence-electron chi connectivity index (χ4n) is 2.34. The van der Waals surface area contributed by atoms with Crippen LogP contribution in [0.5, 0.6) is 0 Å². The number of nitrogens with zero attached hydrogens (tertiary/aromatic N) is 4. The van der Waals surface area contributed by atoms with Crippen LogP contribution in [0.1, 0.15) is 19.3 Å². The quantitative estimate of drug-likeness (QED) is 0.708. The van der Waals surface area contributed by atoms with E-state index in [0.29, 0.717) is 23.4 Å². The second-order valence-electron chi connectivity index (χ2n) is 4.32. The van der Waals surface area contributed by atoms with E-state index in [9.17, 15) is 5.11 Å². The van der Waals surface area contributed by atoms with Gasteiger partial charge in [0, 0.05) is 0 Å². The average Bonchev–Trinajstić information content (AvgIpc) is 2.86. The maximum atomic E-state index is 10.6. The Labute approximate surface area is 97.8 Å². The molecule has 3 N–H and O–H groups in total. The molecule has 6 heteroatoms. The molecule has 0 aromatic carbocycles. The first-order valence-electron chi connectivity index (χ1n) is 5.47. The first kappa shape index (κ1) is 10.2. The summed E-state index contributed by atoms with van der Waals surface area (Å²) in [6, 6.07) is 0. The summed E-state index contributed by atoms with van der Waals surface area (Å²) in [4.78, 5) is 12.2. The summed E-state index contributed by atoms with van der Waals surface area (Å²) >= 11 is 0. The van der Waals surface area contributed by atoms with Gasteiger partial charge in [-0.15, -0.1) is 0 Å². The third kappa shape index (κ3) is 1.27. The van der Waals surface area contributed by atoms with Crippen molar-refractivity contribution in [2.45, 2.75) is 25.0 Å². The Morgan fingerprint density at radius 1 is 1.41 bits per heavy atom. The Morgan fingerprint density at radius 3 is 2.94 bits per heavy atom. The first-order chi connectivity index (χ1) is 8.13. The highest BCUT2D eigenvalue weighted by Gasteiger charge is 2.38. The van der Waals surface area contributed by atoms with Crippen LogP contribution in [0.3, 0.4) is 0 Å². The second-order valence-corrected chi connectivity index (χ2v) is 4.32. The van der Waals surface area contributed by atoms with Crippen molar-refractivity contribution in [2.75, 3.05) is 5.73 Å². The van der Waals surface area contributed by atoms with Gasteiger partial charge in [0.05, 0.1) is 6.33 Å². The van der Waals surface area contributed by atoms with Gasteiger partial charge in [0.1, 0.15) is 11.8 Å². The van der Waals surface area contributed by atoms with Crippen LogP contribution in [0.25, 0.3) is 11.2 Å². The van der Waals surface area contributed by atoms with Gasteiger partial charge in [0.2, 0.25) is 0 Å². The number of rotatable bonds is 1. The van der Waals surface area contributed by atoms with Crippen molar-refractivity contribution in [3.8, 4) is 0 Å². The molecule has 2 heterocycles. The molecule has 2 aromatic rings. The fraction of sp³-hybridized carbons (Fsp3) is 0.364. The number of fused-ring (bicyclic) bond motifs is 1. The molecule has 1 saturated carbocycles. The van der Waals surface area contributed by atoms with Gasteiger partial charge in [-0.2, -0.15) is 0 Å². The van der Waals surface area contributed by atoms with Crippen LogP contribution in [0, 0.1) is 0 Å². The Morgan fingerprint density at radius 2 is 2.24 bits per heavy atom. The molecule has 3 rings (SSSR count). The molecule has 0 radical (unpaired) electrons. The lowest BCUT2D eigenvalue weighted by atomic mass is 10.1. The van der Waals surface area contributed by atoms with Gasteiger partial charge < -0.3 is 10.8 Å². The Balaban J connectivity index is 2.25. The second kappa shape index (κ2) is 3.27. The first-order valence-corrected chi connectivity index (χ1v) is 5.47. The monoisotopic (exact) mass is 231 g/mol. The number of imidazole rings is 1. The van der Waals surface area contributed by atoms with Gasteiger partial charge in [0.15, 0.2) is 17.2 Å². The van der Waals surface area contributed by atoms with Crippen LogP contribution in [0.4, 0.5) is 5.82 Å². The summed E-state index contributed by atoms with van der Waals surface area (Å²) in [7, 11) is 0. The van der Waals surface area contributed by atoms with Crippen molar-refractivity contribution in [3.05, 3.63) is 24.8 Å². The van der Waals surface area contributed by atoms with Gasteiger partial charge >= 0.3 is 0 Å². The highest BCUT2D eigenvalue weighted by atomic mass is 16.3. The summed E-state index contributed by atoms with van der Waals surface area (Å²) in [6.45, 7) is 3.92. The standard InChI is InChI=1S/C11H13N5O/c1-7-3-2-4-11(7,17)16-6-15-8-9(12)13-5-14-10(8)16/h5-6,17H,1-4H2,(H2,12,13,14)/t11-/m0/s1. The molecule has 1 atom stereocenters. The molecule has 1 aliphatic rings. The summed E-state index contributed by atoms with van der Waals surface area (Å²) in [5, 5.41) is 10.6. The van der Waals surface area contributed by atoms with Crippen molar-refractivity contribution in [2.24, 2.45) is 0 Å². The summed E-state index contributed by atoms with van der Waals surface area (Å²) in [5.41, 5.74) is 6.47. The zero-order valence-electron chi connectivity index (χ0n) is 9.30. The Bertz CT molecular complexity index is 605. The molecular formula is C11H13N5O. The summed E-state index contributed by atoms with van der Waals surface area (Å²) in [5.74, 6) is 0.320. The van der Waals surface area contributed by atoms with Crippen molar-refractivity contribution in [3.63, 3.8) is 0 Å². The lowest BCUT2D eigenvalue weighted by Crippen LogP contribution is -2.31. The van der Waals surface area contributed by atoms with Crippen LogP contribution in [0.2, 0.25) is 0 Å². The van der Waals surface area contributed by atoms with Crippen LogP contribution >= 0.6 is 0 Å². The van der Waals surface area contributed by atoms with Gasteiger partial charge in [-0.1, -0.05) is 6.58 Å². The van der Waals surface area contributed by atoms with Gasteiger partial charge in [-0.3, -0.25) is 4.57 Å². The van der Waals surface area contributed by atoms with Crippen LogP contribution in [0.15, 0.2) is 24.8 Å². The van der Waals surface area contributed by atoms with Crippen LogP contribution < -0.4 is 5.73 Å². The van der Waals surface area contributed by atoms with E-state index >= 15 is 0 Å². The third-order valence-corrected chi connectivity index (χ3v) is 3.33. The topological polar surface area (TPSA) is 89.8 Å². The predicted octanol–water partition coefficient (Wildman–Crippen LogP) is 0.794. The van der Waals surface area contributed by atoms with Gasteiger partial charge in [-0.05, 0) is 24.8 Å². The lowest BCUT2D eigenvalue weighted by Gasteiger charge is -2.25. The Kier molecular flexibility index (Phi) is 1.97. The molecule has 2 aromatic heterocycles. The molecule has 0 bridgehead atoms. The molecule has 0 aliphatic heterocycles. The van der Waals surface area contributed by atoms with Crippen LogP contribution in [-0.4, -0.2) is 24.6 Å². The number of hydrogen-bond acceptors (Lipinski definition) is 5. The van der Waals surface area contributed by atoms with E-state index in [-0.39, 0.29) is 0 Å². The molecule has 6 nitrogen and oxygen atoms in total. The molecule has 0 unspecified atom stereocenters. The molecule has 1 fully saturated rings. The summed E-state index contributed by atoms with van der Waals surface area (Å²) in [6.07, 6.45) is 5.27. The van der Waals surface area contributed by atoms with E-state index in [1.165, 1.54) is 6.33 Å². The number of aliphatic hydroxyl groups is 1. The smallest absolute Gasteiger partial charge is 0.168 e. The molecule has 0 saturated heterocycles. The van der Waals surface area contributed by atoms with Crippen LogP contribution in [-0.2, 0) is 5.72 Å². The minimum absolute atomic E-state index is 0.320. The number of nitrogen functional groups attached to an aromatic ring is 1. The minimum atomic E-state index is -1.09. The molecule has 88 valence electrons. The van der Waals surface area contributed by atoms with E-state index in [2.05, 4.69) is 21.5 Å². The van der Waals surface area contributed by atoms with E-state index in [1.807, 2.05) is 0 Å². The zero-order chi connectivity index (χ0) is 12.0. The highest BCUT2D eigenvalue weighted by molar-refractivity contribution is 5.81. The van der Waals surface area contributed by atoms with E-state index in [4.69, 9.17) is 5.73 Å². The van der Waals surface area contributed by atoms with E-state index < -0.39 is 5.72 Å². The van der Waals surface area contributed by atoms with Crippen molar-refractivity contribution < 1.29 is 5.11 Å². The van der Waals surface area contributed by atoms with Crippen molar-refractivity contribution in [1.29, 1.82) is 0 Å². The maximum absolute atomic E-state index is 10.6. The lowest BCUT2D eigenvalue weighted by molar-refractivity contribution is 0.0113. The normalized spacial score (nSPS) is 24.6. The Hall–Kier alpha value is -1.95. The molecule has 1 aliphatic carbocycles. The van der Waals surface area contributed by atoms with Crippen molar-refractivity contribution >= 4 is 17.0 Å². The van der Waals surface area contributed by atoms with Crippen molar-refractivity contribution in [1.82, 2.24) is 19.5 Å². The number of anilines is 1. The fourth-order valence-corrected chi connectivity index (χ4v) is 2.34. The van der Waals surface area contributed by atoms with Gasteiger partial charge in [0.25, 0.3) is 0 Å². The van der Waals surface area contributed by atoms with Gasteiger partial charge in [-0.25, -0.2) is 15.0 Å². The minimum Gasteiger partial charge on any atom is -0.382 e. The third-order valence-electron chi connectivity index (χ3n) is 3.33. The number of nitrogens with two attached hydrogens (primary N) is 1. The molecule has 0 amide bonds. The zero-order valence-corrected chi connectivity index (χ0v) is 9.30. The maximum Gasteiger partial charge on any atom is 0.168 e. The number of aromatic nitrogens is 4. The summed E-state index contributed by atoms with van der Waals surface area (Å²) < 4.78 is 1.63. The predicted molar refractivity (Wildman–Crippen MR) is 62.9 cm³/mol. The van der Waals surface area contributed by atoms with E-state index in [0.717, 1.165) is 18.4 Å². The average molecular weight is 231 g/mol.